The lowest BCUT2D eigenvalue weighted by Crippen LogP contribution is -2.25. The normalized spacial score (nSPS) is 13.2. The molecule has 1 aliphatic rings. The summed E-state index contributed by atoms with van der Waals surface area (Å²) >= 11 is 7.54. The smallest absolute Gasteiger partial charge is 0.262 e. The van der Waals surface area contributed by atoms with Crippen molar-refractivity contribution in [3.05, 3.63) is 39.5 Å². The fraction of sp³-hybridized carbons (Fsp3) is 0.0769. The summed E-state index contributed by atoms with van der Waals surface area (Å²) in [5.41, 5.74) is 1.51. The van der Waals surface area contributed by atoms with Crippen LogP contribution >= 0.6 is 22.9 Å². The second-order valence-electron chi connectivity index (χ2n) is 4.13. The summed E-state index contributed by atoms with van der Waals surface area (Å²) in [5.74, 6) is 0.00573. The number of ether oxygens (including phenoxy) is 1. The third-order valence-corrected chi connectivity index (χ3v) is 3.73. The lowest BCUT2D eigenvalue weighted by Gasteiger charge is -2.19. The van der Waals surface area contributed by atoms with Gasteiger partial charge < -0.3 is 15.4 Å². The molecule has 2 N–H and O–H groups in total. The van der Waals surface area contributed by atoms with Crippen LogP contribution in [0.2, 0.25) is 5.02 Å². The Hall–Kier alpha value is -2.05. The summed E-state index contributed by atoms with van der Waals surface area (Å²) in [6, 6.07) is 4.88. The Labute approximate surface area is 123 Å². The number of nitrogens with one attached hydrogen (secondary N) is 2. The van der Waals surface area contributed by atoms with Crippen LogP contribution in [0.25, 0.3) is 0 Å². The Balaban J connectivity index is 1.87. The van der Waals surface area contributed by atoms with Crippen molar-refractivity contribution in [1.29, 1.82) is 0 Å². The van der Waals surface area contributed by atoms with Crippen LogP contribution in [0.3, 0.4) is 0 Å². The molecular weight excluding hydrogens is 300 g/mol. The molecule has 2 aromatic rings. The van der Waals surface area contributed by atoms with Crippen LogP contribution in [0, 0.1) is 0 Å². The van der Waals surface area contributed by atoms with Gasteiger partial charge in [-0.2, -0.15) is 11.3 Å². The third kappa shape index (κ3) is 2.48. The number of carbonyl (C=O) groups is 2. The van der Waals surface area contributed by atoms with Crippen molar-refractivity contribution in [3.63, 3.8) is 0 Å². The Morgan fingerprint density at radius 2 is 2.30 bits per heavy atom. The highest BCUT2D eigenvalue weighted by Gasteiger charge is 2.19. The molecule has 20 heavy (non-hydrogen) atoms. The van der Waals surface area contributed by atoms with E-state index in [0.717, 1.165) is 0 Å². The molecule has 1 aromatic heterocycles. The lowest BCUT2D eigenvalue weighted by molar-refractivity contribution is -0.118. The van der Waals surface area contributed by atoms with Gasteiger partial charge in [0.1, 0.15) is 5.75 Å². The van der Waals surface area contributed by atoms with Crippen molar-refractivity contribution in [2.45, 2.75) is 0 Å². The number of amides is 2. The highest BCUT2D eigenvalue weighted by atomic mass is 35.5. The summed E-state index contributed by atoms with van der Waals surface area (Å²) in [6.07, 6.45) is 0. The van der Waals surface area contributed by atoms with E-state index in [1.165, 1.54) is 11.3 Å². The number of rotatable bonds is 2. The lowest BCUT2D eigenvalue weighted by atomic mass is 10.2. The van der Waals surface area contributed by atoms with Crippen LogP contribution in [0.15, 0.2) is 29.0 Å². The van der Waals surface area contributed by atoms with E-state index >= 15 is 0 Å². The minimum atomic E-state index is -0.243. The Kier molecular flexibility index (Phi) is 3.33. The van der Waals surface area contributed by atoms with E-state index in [1.807, 2.05) is 5.38 Å². The standard InChI is InChI=1S/C13H9ClN2O3S/c14-8-3-10-11(19-5-12(17)15-10)4-9(8)16-13(18)7-1-2-20-6-7/h1-4,6H,5H2,(H,15,17)(H,16,18). The fourth-order valence-corrected chi connectivity index (χ4v) is 2.63. The van der Waals surface area contributed by atoms with Gasteiger partial charge in [-0.25, -0.2) is 0 Å². The van der Waals surface area contributed by atoms with Gasteiger partial charge in [-0.15, -0.1) is 0 Å². The van der Waals surface area contributed by atoms with Crippen molar-refractivity contribution in [2.75, 3.05) is 17.2 Å². The monoisotopic (exact) mass is 308 g/mol. The van der Waals surface area contributed by atoms with Crippen LogP contribution < -0.4 is 15.4 Å². The van der Waals surface area contributed by atoms with Gasteiger partial charge in [0.2, 0.25) is 0 Å². The summed E-state index contributed by atoms with van der Waals surface area (Å²) < 4.78 is 5.28. The molecule has 1 aliphatic heterocycles. The van der Waals surface area contributed by atoms with Gasteiger partial charge in [0.15, 0.2) is 6.61 Å². The summed E-state index contributed by atoms with van der Waals surface area (Å²) in [5, 5.41) is 9.27. The highest BCUT2D eigenvalue weighted by molar-refractivity contribution is 7.08. The topological polar surface area (TPSA) is 67.4 Å². The van der Waals surface area contributed by atoms with E-state index in [2.05, 4.69) is 10.6 Å². The van der Waals surface area contributed by atoms with Gasteiger partial charge in [-0.1, -0.05) is 11.6 Å². The molecule has 0 unspecified atom stereocenters. The van der Waals surface area contributed by atoms with E-state index in [-0.39, 0.29) is 18.4 Å². The van der Waals surface area contributed by atoms with E-state index in [1.54, 1.807) is 23.6 Å². The van der Waals surface area contributed by atoms with Crippen molar-refractivity contribution in [3.8, 4) is 5.75 Å². The van der Waals surface area contributed by atoms with E-state index < -0.39 is 0 Å². The average Bonchev–Trinajstić information content (AvgIpc) is 2.94. The van der Waals surface area contributed by atoms with Crippen molar-refractivity contribution < 1.29 is 14.3 Å². The largest absolute Gasteiger partial charge is 0.482 e. The summed E-state index contributed by atoms with van der Waals surface area (Å²) in [4.78, 5) is 23.2. The van der Waals surface area contributed by atoms with Gasteiger partial charge in [-0.05, 0) is 17.5 Å². The molecule has 0 radical (unpaired) electrons. The summed E-state index contributed by atoms with van der Waals surface area (Å²) in [7, 11) is 0. The second kappa shape index (κ2) is 5.15. The van der Waals surface area contributed by atoms with Gasteiger partial charge in [0.05, 0.1) is 22.0 Å². The molecule has 5 nitrogen and oxygen atoms in total. The molecule has 0 aliphatic carbocycles. The first-order valence-corrected chi connectivity index (χ1v) is 7.05. The number of anilines is 2. The van der Waals surface area contributed by atoms with Crippen molar-refractivity contribution in [2.24, 2.45) is 0 Å². The molecule has 0 fully saturated rings. The Morgan fingerprint density at radius 1 is 1.45 bits per heavy atom. The third-order valence-electron chi connectivity index (χ3n) is 2.73. The van der Waals surface area contributed by atoms with Crippen molar-refractivity contribution >= 4 is 46.1 Å². The van der Waals surface area contributed by atoms with Gasteiger partial charge >= 0.3 is 0 Å². The summed E-state index contributed by atoms with van der Waals surface area (Å²) in [6.45, 7) is -0.0491. The van der Waals surface area contributed by atoms with Crippen LogP contribution in [-0.4, -0.2) is 18.4 Å². The molecule has 0 spiro atoms. The number of thiophene rings is 1. The number of fused-ring (bicyclic) bond motifs is 1. The fourth-order valence-electron chi connectivity index (χ4n) is 1.78. The van der Waals surface area contributed by atoms with Gasteiger partial charge in [-0.3, -0.25) is 9.59 Å². The first-order valence-electron chi connectivity index (χ1n) is 5.73. The maximum atomic E-state index is 12.0. The van der Waals surface area contributed by atoms with Gasteiger partial charge in [0, 0.05) is 11.4 Å². The molecule has 102 valence electrons. The molecule has 0 bridgehead atoms. The zero-order valence-electron chi connectivity index (χ0n) is 10.1. The van der Waals surface area contributed by atoms with E-state index in [9.17, 15) is 9.59 Å². The molecular formula is C13H9ClN2O3S. The predicted molar refractivity (Wildman–Crippen MR) is 77.8 cm³/mol. The molecule has 2 amide bonds. The quantitative estimate of drug-likeness (QED) is 0.896. The second-order valence-corrected chi connectivity index (χ2v) is 5.32. The number of carbonyl (C=O) groups excluding carboxylic acids is 2. The van der Waals surface area contributed by atoms with Crippen LogP contribution in [0.4, 0.5) is 11.4 Å². The predicted octanol–water partition coefficient (Wildman–Crippen LogP) is 2.98. The number of benzene rings is 1. The molecule has 0 atom stereocenters. The van der Waals surface area contributed by atoms with Gasteiger partial charge in [0.25, 0.3) is 11.8 Å². The highest BCUT2D eigenvalue weighted by Crippen LogP contribution is 2.36. The molecule has 2 heterocycles. The minimum Gasteiger partial charge on any atom is -0.482 e. The minimum absolute atomic E-state index is 0.0491. The van der Waals surface area contributed by atoms with E-state index in [0.29, 0.717) is 27.7 Å². The molecule has 0 saturated carbocycles. The number of hydrogen-bond acceptors (Lipinski definition) is 4. The zero-order chi connectivity index (χ0) is 14.1. The molecule has 0 saturated heterocycles. The SMILES string of the molecule is O=C1COc2cc(NC(=O)c3ccsc3)c(Cl)cc2N1. The number of hydrogen-bond donors (Lipinski definition) is 2. The maximum Gasteiger partial charge on any atom is 0.262 e. The average molecular weight is 309 g/mol. The van der Waals surface area contributed by atoms with E-state index in [4.69, 9.17) is 16.3 Å². The number of halogens is 1. The molecule has 7 heteroatoms. The first-order chi connectivity index (χ1) is 9.63. The maximum absolute atomic E-state index is 12.0. The molecule has 1 aromatic carbocycles. The zero-order valence-corrected chi connectivity index (χ0v) is 11.7. The first kappa shape index (κ1) is 13.0. The van der Waals surface area contributed by atoms with Crippen LogP contribution in [0.5, 0.6) is 5.75 Å². The Morgan fingerprint density at radius 3 is 3.05 bits per heavy atom. The Bertz CT molecular complexity index is 685. The van der Waals surface area contributed by atoms with Crippen LogP contribution in [0.1, 0.15) is 10.4 Å². The van der Waals surface area contributed by atoms with Crippen LogP contribution in [-0.2, 0) is 4.79 Å². The van der Waals surface area contributed by atoms with Crippen molar-refractivity contribution in [1.82, 2.24) is 0 Å². The molecule has 3 rings (SSSR count).